The van der Waals surface area contributed by atoms with Crippen molar-refractivity contribution in [3.63, 3.8) is 0 Å². The molecule has 0 heterocycles. The summed E-state index contributed by atoms with van der Waals surface area (Å²) in [6.07, 6.45) is 0. The first kappa shape index (κ1) is 17.7. The fraction of sp³-hybridized carbons (Fsp3) is 0.263. The van der Waals surface area contributed by atoms with Crippen molar-refractivity contribution in [1.82, 2.24) is 0 Å². The molecule has 0 fully saturated rings. The minimum Gasteiger partial charge on any atom is -0.478 e. The van der Waals surface area contributed by atoms with Crippen LogP contribution in [-0.2, 0) is 4.79 Å². The normalized spacial score (nSPS) is 10.8. The number of benzene rings is 2. The van der Waals surface area contributed by atoms with Gasteiger partial charge in [0.15, 0.2) is 0 Å². The molecule has 24 heavy (non-hydrogen) atoms. The van der Waals surface area contributed by atoms with E-state index in [2.05, 4.69) is 0 Å². The molecule has 1 N–H and O–H groups in total. The minimum absolute atomic E-state index is 0.00545. The van der Waals surface area contributed by atoms with Gasteiger partial charge in [0.2, 0.25) is 5.91 Å². The zero-order chi connectivity index (χ0) is 18.0. The third-order valence-corrected chi connectivity index (χ3v) is 3.81. The number of halogens is 1. The van der Waals surface area contributed by atoms with E-state index in [1.807, 2.05) is 0 Å². The largest absolute Gasteiger partial charge is 0.478 e. The number of hydrogen-bond donors (Lipinski definition) is 1. The SMILES string of the molecule is Cc1ccc(-c2cc(C(=O)O)cc(N(C)C(=O)C(C)C)c2)c(F)c1. The van der Waals surface area contributed by atoms with Crippen LogP contribution in [0.2, 0.25) is 0 Å². The van der Waals surface area contributed by atoms with Crippen LogP contribution in [0.3, 0.4) is 0 Å². The van der Waals surface area contributed by atoms with Gasteiger partial charge in [0.1, 0.15) is 5.82 Å². The maximum Gasteiger partial charge on any atom is 0.335 e. The van der Waals surface area contributed by atoms with Crippen LogP contribution in [0.15, 0.2) is 36.4 Å². The minimum atomic E-state index is -1.13. The van der Waals surface area contributed by atoms with Crippen LogP contribution in [0.25, 0.3) is 11.1 Å². The van der Waals surface area contributed by atoms with Crippen molar-refractivity contribution in [1.29, 1.82) is 0 Å². The molecule has 4 nitrogen and oxygen atoms in total. The van der Waals surface area contributed by atoms with Crippen molar-refractivity contribution in [2.45, 2.75) is 20.8 Å². The van der Waals surface area contributed by atoms with Crippen LogP contribution in [-0.4, -0.2) is 24.0 Å². The van der Waals surface area contributed by atoms with E-state index in [4.69, 9.17) is 0 Å². The number of rotatable bonds is 4. The fourth-order valence-electron chi connectivity index (χ4n) is 2.45. The lowest BCUT2D eigenvalue weighted by molar-refractivity contribution is -0.121. The van der Waals surface area contributed by atoms with Gasteiger partial charge >= 0.3 is 5.97 Å². The Hall–Kier alpha value is -2.69. The van der Waals surface area contributed by atoms with Gasteiger partial charge in [-0.15, -0.1) is 0 Å². The molecule has 2 rings (SSSR count). The van der Waals surface area contributed by atoms with Gasteiger partial charge in [0, 0.05) is 24.2 Å². The van der Waals surface area contributed by atoms with E-state index in [0.717, 1.165) is 5.56 Å². The predicted octanol–water partition coefficient (Wildman–Crippen LogP) is 4.12. The number of hydrogen-bond acceptors (Lipinski definition) is 2. The number of nitrogens with zero attached hydrogens (tertiary/aromatic N) is 1. The van der Waals surface area contributed by atoms with E-state index in [1.54, 1.807) is 46.0 Å². The van der Waals surface area contributed by atoms with Gasteiger partial charge in [-0.25, -0.2) is 9.18 Å². The molecule has 2 aromatic carbocycles. The molecular weight excluding hydrogens is 309 g/mol. The zero-order valence-corrected chi connectivity index (χ0v) is 14.1. The number of aromatic carboxylic acids is 1. The van der Waals surface area contributed by atoms with E-state index in [1.165, 1.54) is 23.1 Å². The summed E-state index contributed by atoms with van der Waals surface area (Å²) in [5, 5.41) is 9.33. The van der Waals surface area contributed by atoms with Crippen LogP contribution in [0.1, 0.15) is 29.8 Å². The number of carbonyl (C=O) groups excluding carboxylic acids is 1. The first-order chi connectivity index (χ1) is 11.2. The Morgan fingerprint density at radius 1 is 1.12 bits per heavy atom. The Morgan fingerprint density at radius 3 is 2.33 bits per heavy atom. The Morgan fingerprint density at radius 2 is 1.79 bits per heavy atom. The first-order valence-corrected chi connectivity index (χ1v) is 7.63. The molecule has 1 amide bonds. The molecule has 0 saturated heterocycles. The molecular formula is C19H20FNO3. The van der Waals surface area contributed by atoms with Gasteiger partial charge in [0.25, 0.3) is 0 Å². The molecule has 0 spiro atoms. The Balaban J connectivity index is 2.60. The van der Waals surface area contributed by atoms with Gasteiger partial charge in [-0.2, -0.15) is 0 Å². The Labute approximate surface area is 140 Å². The van der Waals surface area contributed by atoms with Crippen molar-refractivity contribution in [2.75, 3.05) is 11.9 Å². The third-order valence-electron chi connectivity index (χ3n) is 3.81. The zero-order valence-electron chi connectivity index (χ0n) is 14.1. The number of amides is 1. The van der Waals surface area contributed by atoms with Crippen LogP contribution >= 0.6 is 0 Å². The summed E-state index contributed by atoms with van der Waals surface area (Å²) in [6, 6.07) is 9.21. The topological polar surface area (TPSA) is 57.6 Å². The molecule has 0 atom stereocenters. The van der Waals surface area contributed by atoms with E-state index in [0.29, 0.717) is 16.8 Å². The lowest BCUT2D eigenvalue weighted by atomic mass is 9.99. The van der Waals surface area contributed by atoms with E-state index in [9.17, 15) is 19.1 Å². The van der Waals surface area contributed by atoms with Gasteiger partial charge in [-0.1, -0.05) is 26.0 Å². The molecule has 2 aromatic rings. The van der Waals surface area contributed by atoms with Crippen molar-refractivity contribution < 1.29 is 19.1 Å². The molecule has 0 radical (unpaired) electrons. The van der Waals surface area contributed by atoms with Crippen LogP contribution in [0.4, 0.5) is 10.1 Å². The number of aryl methyl sites for hydroxylation is 1. The molecule has 0 aliphatic carbocycles. The van der Waals surface area contributed by atoms with Gasteiger partial charge in [-0.3, -0.25) is 4.79 Å². The number of carboxylic acids is 1. The summed E-state index contributed by atoms with van der Waals surface area (Å²) in [4.78, 5) is 25.0. The average Bonchev–Trinajstić information content (AvgIpc) is 2.52. The molecule has 5 heteroatoms. The Bertz CT molecular complexity index is 799. The molecule has 0 aromatic heterocycles. The standard InChI is InChI=1S/C19H20FNO3/c1-11(2)18(22)21(4)15-9-13(8-14(10-15)19(23)24)16-6-5-12(3)7-17(16)20/h5-11H,1-4H3,(H,23,24). The molecule has 0 bridgehead atoms. The van der Waals surface area contributed by atoms with Crippen LogP contribution in [0.5, 0.6) is 0 Å². The van der Waals surface area contributed by atoms with Gasteiger partial charge < -0.3 is 10.0 Å². The quantitative estimate of drug-likeness (QED) is 0.918. The second kappa shape index (κ2) is 6.83. The number of carbonyl (C=O) groups is 2. The maximum atomic E-state index is 14.3. The average molecular weight is 329 g/mol. The summed E-state index contributed by atoms with van der Waals surface area (Å²) in [7, 11) is 1.58. The van der Waals surface area contributed by atoms with E-state index < -0.39 is 11.8 Å². The van der Waals surface area contributed by atoms with Crippen LogP contribution < -0.4 is 4.90 Å². The second-order valence-corrected chi connectivity index (χ2v) is 6.11. The number of carboxylic acid groups (broad SMARTS) is 1. The highest BCUT2D eigenvalue weighted by Gasteiger charge is 2.18. The summed E-state index contributed by atoms with van der Waals surface area (Å²) in [5.41, 5.74) is 1.92. The molecule has 0 aliphatic rings. The third kappa shape index (κ3) is 3.62. The first-order valence-electron chi connectivity index (χ1n) is 7.63. The van der Waals surface area contributed by atoms with Crippen molar-refractivity contribution in [2.24, 2.45) is 5.92 Å². The molecule has 0 aliphatic heterocycles. The van der Waals surface area contributed by atoms with Crippen molar-refractivity contribution in [3.8, 4) is 11.1 Å². The second-order valence-electron chi connectivity index (χ2n) is 6.11. The number of anilines is 1. The van der Waals surface area contributed by atoms with Crippen LogP contribution in [0, 0.1) is 18.7 Å². The predicted molar refractivity (Wildman–Crippen MR) is 91.8 cm³/mol. The highest BCUT2D eigenvalue weighted by Crippen LogP contribution is 2.29. The monoisotopic (exact) mass is 329 g/mol. The molecule has 0 unspecified atom stereocenters. The fourth-order valence-corrected chi connectivity index (χ4v) is 2.45. The van der Waals surface area contributed by atoms with Gasteiger partial charge in [-0.05, 0) is 42.3 Å². The van der Waals surface area contributed by atoms with E-state index >= 15 is 0 Å². The Kier molecular flexibility index (Phi) is 5.02. The van der Waals surface area contributed by atoms with Crippen molar-refractivity contribution >= 4 is 17.6 Å². The van der Waals surface area contributed by atoms with E-state index in [-0.39, 0.29) is 17.4 Å². The lowest BCUT2D eigenvalue weighted by Gasteiger charge is -2.21. The molecule has 0 saturated carbocycles. The molecule has 126 valence electrons. The highest BCUT2D eigenvalue weighted by atomic mass is 19.1. The van der Waals surface area contributed by atoms with Gasteiger partial charge in [0.05, 0.1) is 5.56 Å². The summed E-state index contributed by atoms with van der Waals surface area (Å²) < 4.78 is 14.3. The lowest BCUT2D eigenvalue weighted by Crippen LogP contribution is -2.30. The summed E-state index contributed by atoms with van der Waals surface area (Å²) in [6.45, 7) is 5.31. The maximum absolute atomic E-state index is 14.3. The summed E-state index contributed by atoms with van der Waals surface area (Å²) >= 11 is 0. The summed E-state index contributed by atoms with van der Waals surface area (Å²) in [5.74, 6) is -1.94. The van der Waals surface area contributed by atoms with Crippen molar-refractivity contribution in [3.05, 3.63) is 53.3 Å². The highest BCUT2D eigenvalue weighted by molar-refractivity contribution is 5.97. The smallest absolute Gasteiger partial charge is 0.335 e.